The van der Waals surface area contributed by atoms with Gasteiger partial charge in [0.05, 0.1) is 0 Å². The minimum Gasteiger partial charge on any atom is -0.311 e. The van der Waals surface area contributed by atoms with Gasteiger partial charge in [-0.2, -0.15) is 0 Å². The van der Waals surface area contributed by atoms with E-state index in [1.54, 1.807) is 0 Å². The Morgan fingerprint density at radius 1 is 0.486 bits per heavy atom. The van der Waals surface area contributed by atoms with E-state index in [9.17, 15) is 0 Å². The second-order valence-corrected chi connectivity index (χ2v) is 9.26. The Morgan fingerprint density at radius 2 is 0.865 bits per heavy atom. The molecule has 0 heterocycles. The van der Waals surface area contributed by atoms with Gasteiger partial charge in [0.1, 0.15) is 0 Å². The molecular formula is C36H33N. The molecule has 0 aliphatic rings. The fourth-order valence-corrected chi connectivity index (χ4v) is 4.66. The van der Waals surface area contributed by atoms with Gasteiger partial charge in [-0.25, -0.2) is 0 Å². The molecule has 0 atom stereocenters. The fraction of sp³-hybridized carbons (Fsp3) is 0.111. The molecule has 0 fully saturated rings. The summed E-state index contributed by atoms with van der Waals surface area (Å²) in [4.78, 5) is 2.33. The lowest BCUT2D eigenvalue weighted by atomic mass is 9.95. The van der Waals surface area contributed by atoms with E-state index >= 15 is 0 Å². The molecule has 37 heavy (non-hydrogen) atoms. The molecule has 0 N–H and O–H groups in total. The Bertz CT molecular complexity index is 1340. The SMILES string of the molecule is CCc1ccc(N(c2ccc(C=C(c3ccccc3)c3ccccc3)cc2)c2ccc(CC)cc2)cc1. The third kappa shape index (κ3) is 5.73. The summed E-state index contributed by atoms with van der Waals surface area (Å²) in [5.74, 6) is 0. The van der Waals surface area contributed by atoms with E-state index in [0.717, 1.165) is 18.5 Å². The van der Waals surface area contributed by atoms with Gasteiger partial charge in [-0.05, 0) is 88.7 Å². The van der Waals surface area contributed by atoms with E-state index < -0.39 is 0 Å². The van der Waals surface area contributed by atoms with Gasteiger partial charge in [-0.3, -0.25) is 0 Å². The summed E-state index contributed by atoms with van der Waals surface area (Å²) >= 11 is 0. The van der Waals surface area contributed by atoms with Crippen LogP contribution in [0.25, 0.3) is 11.6 Å². The first-order valence-corrected chi connectivity index (χ1v) is 13.2. The predicted molar refractivity (Wildman–Crippen MR) is 160 cm³/mol. The van der Waals surface area contributed by atoms with Gasteiger partial charge in [-0.1, -0.05) is 111 Å². The molecular weight excluding hydrogens is 446 g/mol. The molecule has 0 aliphatic heterocycles. The molecule has 0 spiro atoms. The minimum absolute atomic E-state index is 1.04. The smallest absolute Gasteiger partial charge is 0.0462 e. The molecule has 5 rings (SSSR count). The Morgan fingerprint density at radius 3 is 1.24 bits per heavy atom. The van der Waals surface area contributed by atoms with Crippen molar-refractivity contribution >= 4 is 28.7 Å². The molecule has 1 nitrogen and oxygen atoms in total. The highest BCUT2D eigenvalue weighted by Crippen LogP contribution is 2.35. The molecule has 0 bridgehead atoms. The van der Waals surface area contributed by atoms with Gasteiger partial charge in [-0.15, -0.1) is 0 Å². The number of rotatable bonds is 8. The van der Waals surface area contributed by atoms with E-state index in [1.165, 1.54) is 44.8 Å². The molecule has 182 valence electrons. The van der Waals surface area contributed by atoms with Crippen LogP contribution in [0.4, 0.5) is 17.1 Å². The van der Waals surface area contributed by atoms with Crippen molar-refractivity contribution in [3.05, 3.63) is 161 Å². The summed E-state index contributed by atoms with van der Waals surface area (Å²) in [5, 5.41) is 0. The molecule has 0 aromatic heterocycles. The normalized spacial score (nSPS) is 10.6. The summed E-state index contributed by atoms with van der Waals surface area (Å²) in [6.07, 6.45) is 4.36. The number of nitrogens with zero attached hydrogens (tertiary/aromatic N) is 1. The van der Waals surface area contributed by atoms with E-state index in [1.807, 2.05) is 0 Å². The van der Waals surface area contributed by atoms with Crippen molar-refractivity contribution in [3.63, 3.8) is 0 Å². The van der Waals surface area contributed by atoms with Gasteiger partial charge in [0.25, 0.3) is 0 Å². The first-order valence-electron chi connectivity index (χ1n) is 13.2. The third-order valence-electron chi connectivity index (χ3n) is 6.84. The van der Waals surface area contributed by atoms with Crippen molar-refractivity contribution in [2.45, 2.75) is 26.7 Å². The molecule has 0 aliphatic carbocycles. The maximum absolute atomic E-state index is 2.33. The maximum atomic E-state index is 2.33. The minimum atomic E-state index is 1.04. The molecule has 5 aromatic carbocycles. The molecule has 0 saturated heterocycles. The van der Waals surface area contributed by atoms with E-state index in [0.29, 0.717) is 0 Å². The van der Waals surface area contributed by atoms with E-state index in [2.05, 4.69) is 158 Å². The number of benzene rings is 5. The monoisotopic (exact) mass is 479 g/mol. The van der Waals surface area contributed by atoms with Crippen molar-refractivity contribution < 1.29 is 0 Å². The summed E-state index contributed by atoms with van der Waals surface area (Å²) in [6.45, 7) is 4.39. The summed E-state index contributed by atoms with van der Waals surface area (Å²) in [7, 11) is 0. The lowest BCUT2D eigenvalue weighted by Gasteiger charge is -2.26. The quantitative estimate of drug-likeness (QED) is 0.200. The molecule has 0 radical (unpaired) electrons. The average molecular weight is 480 g/mol. The molecule has 1 heteroatoms. The second-order valence-electron chi connectivity index (χ2n) is 9.26. The van der Waals surface area contributed by atoms with E-state index in [4.69, 9.17) is 0 Å². The first-order chi connectivity index (χ1) is 18.2. The van der Waals surface area contributed by atoms with Gasteiger partial charge < -0.3 is 4.90 Å². The zero-order valence-corrected chi connectivity index (χ0v) is 21.6. The average Bonchev–Trinajstić information content (AvgIpc) is 2.98. The Hall–Kier alpha value is -4.36. The van der Waals surface area contributed by atoms with Gasteiger partial charge in [0.2, 0.25) is 0 Å². The van der Waals surface area contributed by atoms with Crippen LogP contribution in [0.3, 0.4) is 0 Å². The van der Waals surface area contributed by atoms with Crippen LogP contribution < -0.4 is 4.90 Å². The topological polar surface area (TPSA) is 3.24 Å². The molecule has 0 amide bonds. The van der Waals surface area contributed by atoms with Crippen LogP contribution >= 0.6 is 0 Å². The number of anilines is 3. The van der Waals surface area contributed by atoms with Crippen molar-refractivity contribution in [2.24, 2.45) is 0 Å². The lowest BCUT2D eigenvalue weighted by molar-refractivity contribution is 1.13. The van der Waals surface area contributed by atoms with Crippen molar-refractivity contribution in [1.82, 2.24) is 0 Å². The lowest BCUT2D eigenvalue weighted by Crippen LogP contribution is -2.10. The predicted octanol–water partition coefficient (Wildman–Crippen LogP) is 9.87. The highest BCUT2D eigenvalue weighted by molar-refractivity contribution is 5.91. The Labute approximate surface area is 221 Å². The Kier molecular flexibility index (Phi) is 7.62. The first kappa shape index (κ1) is 24.3. The van der Waals surface area contributed by atoms with Gasteiger partial charge >= 0.3 is 0 Å². The van der Waals surface area contributed by atoms with Gasteiger partial charge in [0, 0.05) is 17.1 Å². The number of aryl methyl sites for hydroxylation is 2. The van der Waals surface area contributed by atoms with Crippen LogP contribution in [-0.2, 0) is 12.8 Å². The molecule has 5 aromatic rings. The van der Waals surface area contributed by atoms with E-state index in [-0.39, 0.29) is 0 Å². The standard InChI is InChI=1S/C36H33N/c1-3-28-15-21-33(22-16-28)37(34-23-17-29(4-2)18-24-34)35-25-19-30(20-26-35)27-36(31-11-7-5-8-12-31)32-13-9-6-10-14-32/h5-27H,3-4H2,1-2H3. The highest BCUT2D eigenvalue weighted by atomic mass is 15.1. The number of hydrogen-bond acceptors (Lipinski definition) is 1. The van der Waals surface area contributed by atoms with Crippen molar-refractivity contribution in [2.75, 3.05) is 4.90 Å². The maximum Gasteiger partial charge on any atom is 0.0462 e. The zero-order chi connectivity index (χ0) is 25.5. The molecule has 0 unspecified atom stereocenters. The van der Waals surface area contributed by atoms with Crippen molar-refractivity contribution in [3.8, 4) is 0 Å². The van der Waals surface area contributed by atoms with Gasteiger partial charge in [0.15, 0.2) is 0 Å². The number of hydrogen-bond donors (Lipinski definition) is 0. The zero-order valence-electron chi connectivity index (χ0n) is 21.6. The summed E-state index contributed by atoms with van der Waals surface area (Å²) in [6, 6.07) is 47.9. The summed E-state index contributed by atoms with van der Waals surface area (Å²) < 4.78 is 0. The van der Waals surface area contributed by atoms with Crippen LogP contribution in [0.2, 0.25) is 0 Å². The highest BCUT2D eigenvalue weighted by Gasteiger charge is 2.13. The van der Waals surface area contributed by atoms with Crippen LogP contribution in [0, 0.1) is 0 Å². The third-order valence-corrected chi connectivity index (χ3v) is 6.84. The summed E-state index contributed by atoms with van der Waals surface area (Å²) in [5.41, 5.74) is 11.0. The fourth-order valence-electron chi connectivity index (χ4n) is 4.66. The van der Waals surface area contributed by atoms with Crippen LogP contribution in [0.1, 0.15) is 41.7 Å². The largest absolute Gasteiger partial charge is 0.311 e. The molecule has 0 saturated carbocycles. The second kappa shape index (κ2) is 11.6. The van der Waals surface area contributed by atoms with Crippen LogP contribution in [-0.4, -0.2) is 0 Å². The van der Waals surface area contributed by atoms with Crippen LogP contribution in [0.5, 0.6) is 0 Å². The van der Waals surface area contributed by atoms with Crippen LogP contribution in [0.15, 0.2) is 133 Å². The Balaban J connectivity index is 1.54. The van der Waals surface area contributed by atoms with Crippen molar-refractivity contribution in [1.29, 1.82) is 0 Å².